The Morgan fingerprint density at radius 1 is 1.80 bits per heavy atom. The van der Waals surface area contributed by atoms with Crippen molar-refractivity contribution < 1.29 is 12.6 Å². The van der Waals surface area contributed by atoms with Gasteiger partial charge in [0.15, 0.2) is 0 Å². The molecule has 0 spiro atoms. The van der Waals surface area contributed by atoms with E-state index in [1.54, 1.807) is 23.0 Å². The van der Waals surface area contributed by atoms with Crippen molar-refractivity contribution in [2.45, 2.75) is 13.0 Å². The van der Waals surface area contributed by atoms with Crippen LogP contribution >= 0.6 is 23.0 Å². The third-order valence-electron chi connectivity index (χ3n) is 0.863. The molecular weight excluding hydrogens is 249 g/mol. The van der Waals surface area contributed by atoms with Crippen LogP contribution in [0.3, 0.4) is 0 Å². The smallest absolute Gasteiger partial charge is 0.407 e. The van der Waals surface area contributed by atoms with E-state index >= 15 is 0 Å². The first kappa shape index (κ1) is 9.96. The van der Waals surface area contributed by atoms with Crippen molar-refractivity contribution in [2.24, 2.45) is 0 Å². The minimum absolute atomic E-state index is 0.00986. The fourth-order valence-corrected chi connectivity index (χ4v) is 0.936. The molecule has 4 nitrogen and oxygen atoms in total. The van der Waals surface area contributed by atoms with Crippen LogP contribution in [0, 0.1) is 0 Å². The Bertz CT molecular complexity index is 109. The highest BCUT2D eigenvalue weighted by Gasteiger charge is 2.04. The fourth-order valence-electron chi connectivity index (χ4n) is 0.396. The third-order valence-corrected chi connectivity index (χ3v) is 1.22. The summed E-state index contributed by atoms with van der Waals surface area (Å²) in [5.74, 6) is 0. The van der Waals surface area contributed by atoms with E-state index in [9.17, 15) is 4.79 Å². The quantitative estimate of drug-likeness (QED) is 0.772. The summed E-state index contributed by atoms with van der Waals surface area (Å²) in [5, 5.41) is 2.54. The van der Waals surface area contributed by atoms with E-state index in [1.165, 1.54) is 7.11 Å². The van der Waals surface area contributed by atoms with Gasteiger partial charge in [0.1, 0.15) is 23.0 Å². The molecule has 1 amide bonds. The highest BCUT2D eigenvalue weighted by Crippen LogP contribution is 1.90. The van der Waals surface area contributed by atoms with E-state index in [-0.39, 0.29) is 6.04 Å². The van der Waals surface area contributed by atoms with E-state index < -0.39 is 6.09 Å². The van der Waals surface area contributed by atoms with Gasteiger partial charge in [0, 0.05) is 0 Å². The van der Waals surface area contributed by atoms with Crippen LogP contribution in [0.5, 0.6) is 0 Å². The summed E-state index contributed by atoms with van der Waals surface area (Å²) < 4.78 is 9.11. The SMILES string of the molecule is COC(=O)N[C@@H](C)COI. The molecule has 0 heterocycles. The molecule has 0 fully saturated rings. The highest BCUT2D eigenvalue weighted by atomic mass is 127. The minimum atomic E-state index is -0.430. The lowest BCUT2D eigenvalue weighted by molar-refractivity contribution is 0.164. The average Bonchev–Trinajstić information content (AvgIpc) is 1.88. The Kier molecular flexibility index (Phi) is 5.70. The number of ether oxygens (including phenoxy) is 1. The summed E-state index contributed by atoms with van der Waals surface area (Å²) in [6, 6.07) is -0.00986. The standard InChI is InChI=1S/C5H10INO3/c1-4(3-10-6)7-5(8)9-2/h4H,3H2,1-2H3,(H,7,8)/t4-/m0/s1. The number of alkyl carbamates (subject to hydrolysis) is 1. The predicted molar refractivity (Wildman–Crippen MR) is 45.0 cm³/mol. The van der Waals surface area contributed by atoms with Gasteiger partial charge < -0.3 is 13.1 Å². The van der Waals surface area contributed by atoms with Gasteiger partial charge in [-0.15, -0.1) is 0 Å². The molecule has 5 heteroatoms. The lowest BCUT2D eigenvalue weighted by atomic mass is 10.4. The Morgan fingerprint density at radius 2 is 2.40 bits per heavy atom. The maximum absolute atomic E-state index is 10.5. The summed E-state index contributed by atoms with van der Waals surface area (Å²) in [6.07, 6.45) is -0.430. The maximum atomic E-state index is 10.5. The summed E-state index contributed by atoms with van der Waals surface area (Å²) in [6.45, 7) is 2.31. The Hall–Kier alpha value is -0.0400. The normalized spacial score (nSPS) is 12.3. The average molecular weight is 259 g/mol. The summed E-state index contributed by atoms with van der Waals surface area (Å²) in [7, 11) is 1.33. The summed E-state index contributed by atoms with van der Waals surface area (Å²) in [4.78, 5) is 10.5. The zero-order valence-electron chi connectivity index (χ0n) is 5.89. The number of carbonyl (C=O) groups excluding carboxylic acids is 1. The van der Waals surface area contributed by atoms with Crippen LogP contribution in [0.2, 0.25) is 0 Å². The van der Waals surface area contributed by atoms with Crippen molar-refractivity contribution >= 4 is 29.1 Å². The van der Waals surface area contributed by atoms with Crippen molar-refractivity contribution in [3.05, 3.63) is 0 Å². The molecule has 60 valence electrons. The van der Waals surface area contributed by atoms with Gasteiger partial charge in [-0.05, 0) is 6.92 Å². The van der Waals surface area contributed by atoms with E-state index in [0.717, 1.165) is 0 Å². The molecule has 0 aliphatic carbocycles. The number of carbonyl (C=O) groups is 1. The van der Waals surface area contributed by atoms with Crippen LogP contribution in [0.25, 0.3) is 0 Å². The fraction of sp³-hybridized carbons (Fsp3) is 0.800. The lowest BCUT2D eigenvalue weighted by Gasteiger charge is -2.09. The van der Waals surface area contributed by atoms with Gasteiger partial charge in [-0.1, -0.05) is 0 Å². The number of hydrogen-bond acceptors (Lipinski definition) is 3. The van der Waals surface area contributed by atoms with Gasteiger partial charge in [-0.2, -0.15) is 0 Å². The zero-order chi connectivity index (χ0) is 7.98. The molecule has 10 heavy (non-hydrogen) atoms. The monoisotopic (exact) mass is 259 g/mol. The summed E-state index contributed by atoms with van der Waals surface area (Å²) in [5.41, 5.74) is 0. The zero-order valence-corrected chi connectivity index (χ0v) is 8.04. The molecule has 0 aromatic carbocycles. The van der Waals surface area contributed by atoms with Crippen LogP contribution in [0.15, 0.2) is 0 Å². The third kappa shape index (κ3) is 4.80. The van der Waals surface area contributed by atoms with Crippen molar-refractivity contribution in [3.8, 4) is 0 Å². The molecule has 0 saturated carbocycles. The summed E-state index contributed by atoms with van der Waals surface area (Å²) >= 11 is 1.77. The molecule has 1 N–H and O–H groups in total. The van der Waals surface area contributed by atoms with E-state index in [4.69, 9.17) is 3.07 Å². The Morgan fingerprint density at radius 3 is 2.80 bits per heavy atom. The van der Waals surface area contributed by atoms with Gasteiger partial charge in [-0.3, -0.25) is 0 Å². The number of nitrogens with one attached hydrogen (secondary N) is 1. The second kappa shape index (κ2) is 5.72. The molecule has 0 rings (SSSR count). The van der Waals surface area contributed by atoms with Crippen LogP contribution in [-0.2, 0) is 7.80 Å². The second-order valence-electron chi connectivity index (χ2n) is 1.81. The topological polar surface area (TPSA) is 47.6 Å². The number of halogens is 1. The molecule has 0 aromatic rings. The van der Waals surface area contributed by atoms with E-state index in [1.807, 2.05) is 6.92 Å². The Balaban J connectivity index is 3.37. The molecule has 1 atom stereocenters. The van der Waals surface area contributed by atoms with Crippen molar-refractivity contribution in [2.75, 3.05) is 13.7 Å². The van der Waals surface area contributed by atoms with E-state index in [2.05, 4.69) is 10.1 Å². The lowest BCUT2D eigenvalue weighted by Crippen LogP contribution is -2.34. The molecule has 0 radical (unpaired) electrons. The highest BCUT2D eigenvalue weighted by molar-refractivity contribution is 14.1. The van der Waals surface area contributed by atoms with Crippen molar-refractivity contribution in [1.82, 2.24) is 5.32 Å². The van der Waals surface area contributed by atoms with Gasteiger partial charge in [-0.25, -0.2) is 4.79 Å². The van der Waals surface area contributed by atoms with Crippen LogP contribution in [-0.4, -0.2) is 25.9 Å². The van der Waals surface area contributed by atoms with Crippen molar-refractivity contribution in [3.63, 3.8) is 0 Å². The van der Waals surface area contributed by atoms with Crippen molar-refractivity contribution in [1.29, 1.82) is 0 Å². The number of hydrogen-bond donors (Lipinski definition) is 1. The molecule has 0 saturated heterocycles. The number of amides is 1. The van der Waals surface area contributed by atoms with Crippen LogP contribution < -0.4 is 5.32 Å². The molecule has 0 aliphatic heterocycles. The first-order chi connectivity index (χ1) is 4.70. The second-order valence-corrected chi connectivity index (χ2v) is 2.44. The number of rotatable bonds is 3. The molecule has 0 unspecified atom stereocenters. The first-order valence-electron chi connectivity index (χ1n) is 2.78. The molecule has 0 aromatic heterocycles. The van der Waals surface area contributed by atoms with Gasteiger partial charge in [0.2, 0.25) is 0 Å². The van der Waals surface area contributed by atoms with Gasteiger partial charge in [0.25, 0.3) is 0 Å². The molecular formula is C5H10INO3. The predicted octanol–water partition coefficient (Wildman–Crippen LogP) is 1.10. The minimum Gasteiger partial charge on any atom is -0.453 e. The van der Waals surface area contributed by atoms with Crippen LogP contribution in [0.1, 0.15) is 6.92 Å². The van der Waals surface area contributed by atoms with Crippen LogP contribution in [0.4, 0.5) is 4.79 Å². The van der Waals surface area contributed by atoms with Gasteiger partial charge in [0.05, 0.1) is 19.8 Å². The molecule has 0 aliphatic rings. The first-order valence-corrected chi connectivity index (χ1v) is 3.66. The van der Waals surface area contributed by atoms with E-state index in [0.29, 0.717) is 6.61 Å². The largest absolute Gasteiger partial charge is 0.453 e. The molecule has 0 bridgehead atoms. The Labute approximate surface area is 74.0 Å². The maximum Gasteiger partial charge on any atom is 0.407 e. The number of methoxy groups -OCH3 is 1. The van der Waals surface area contributed by atoms with Gasteiger partial charge >= 0.3 is 6.09 Å².